The molecule has 0 aliphatic rings. The molecule has 0 aliphatic carbocycles. The van der Waals surface area contributed by atoms with Crippen LogP contribution in [0.15, 0.2) is 77.6 Å². The van der Waals surface area contributed by atoms with Crippen molar-refractivity contribution in [1.82, 2.24) is 14.6 Å². The van der Waals surface area contributed by atoms with Gasteiger partial charge in [0.15, 0.2) is 5.65 Å². The lowest BCUT2D eigenvalue weighted by Crippen LogP contribution is -2.39. The minimum atomic E-state index is -1.19. The Hall–Kier alpha value is -4.20. The summed E-state index contributed by atoms with van der Waals surface area (Å²) in [5.74, 6) is -1.25. The lowest BCUT2D eigenvalue weighted by atomic mass is 9.83. The molecule has 0 saturated heterocycles. The fourth-order valence-electron chi connectivity index (χ4n) is 3.43. The van der Waals surface area contributed by atoms with Gasteiger partial charge in [0.2, 0.25) is 0 Å². The van der Waals surface area contributed by atoms with E-state index in [1.54, 1.807) is 31.2 Å². The van der Waals surface area contributed by atoms with E-state index in [4.69, 9.17) is 9.47 Å². The van der Waals surface area contributed by atoms with Crippen molar-refractivity contribution in [2.24, 2.45) is 0 Å². The molecule has 2 aromatic carbocycles. The molecule has 1 unspecified atom stereocenters. The van der Waals surface area contributed by atoms with Crippen molar-refractivity contribution in [3.8, 4) is 11.3 Å². The summed E-state index contributed by atoms with van der Waals surface area (Å²) in [7, 11) is 1.28. The smallest absolute Gasteiger partial charge is 0.356 e. The van der Waals surface area contributed by atoms with Gasteiger partial charge in [-0.05, 0) is 12.5 Å². The van der Waals surface area contributed by atoms with Crippen LogP contribution in [-0.4, -0.2) is 40.3 Å². The average molecular weight is 431 g/mol. The molecule has 8 heteroatoms. The first-order chi connectivity index (χ1) is 15.4. The molecule has 0 spiro atoms. The van der Waals surface area contributed by atoms with Gasteiger partial charge in [0.05, 0.1) is 12.8 Å². The first kappa shape index (κ1) is 21.0. The van der Waals surface area contributed by atoms with Crippen LogP contribution in [0.25, 0.3) is 16.9 Å². The molecule has 2 heterocycles. The van der Waals surface area contributed by atoms with Crippen LogP contribution in [0.5, 0.6) is 0 Å². The number of nitrogens with one attached hydrogen (secondary N) is 1. The summed E-state index contributed by atoms with van der Waals surface area (Å²) in [6, 6.07) is 21.0. The molecule has 1 N–H and O–H groups in total. The van der Waals surface area contributed by atoms with Gasteiger partial charge in [-0.2, -0.15) is 0 Å². The molecule has 4 rings (SSSR count). The number of nitrogens with zero attached hydrogens (tertiary/aromatic N) is 2. The highest BCUT2D eigenvalue weighted by Gasteiger charge is 2.38. The van der Waals surface area contributed by atoms with Gasteiger partial charge in [-0.15, -0.1) is 0 Å². The van der Waals surface area contributed by atoms with E-state index in [1.165, 1.54) is 23.8 Å². The van der Waals surface area contributed by atoms with E-state index in [0.717, 1.165) is 5.56 Å². The first-order valence-electron chi connectivity index (χ1n) is 9.92. The minimum Gasteiger partial charge on any atom is -0.468 e. The molecule has 0 fully saturated rings. The second-order valence-corrected chi connectivity index (χ2v) is 7.47. The maximum Gasteiger partial charge on any atom is 0.356 e. The first-order valence-corrected chi connectivity index (χ1v) is 9.92. The van der Waals surface area contributed by atoms with Gasteiger partial charge >= 0.3 is 11.9 Å². The van der Waals surface area contributed by atoms with E-state index in [1.807, 2.05) is 36.4 Å². The molecule has 0 amide bonds. The highest BCUT2D eigenvalue weighted by atomic mass is 16.5. The third-order valence-corrected chi connectivity index (χ3v) is 5.28. The molecular weight excluding hydrogens is 410 g/mol. The quantitative estimate of drug-likeness (QED) is 0.471. The number of hydrogen-bond donors (Lipinski definition) is 1. The molecule has 1 atom stereocenters. The molecular formula is C24H21N3O5. The molecule has 2 aromatic heterocycles. The van der Waals surface area contributed by atoms with E-state index in [9.17, 15) is 14.4 Å². The number of carbonyl (C=O) groups excluding carboxylic acids is 2. The zero-order valence-electron chi connectivity index (χ0n) is 17.6. The molecule has 8 nitrogen and oxygen atoms in total. The Morgan fingerprint density at radius 1 is 1.03 bits per heavy atom. The third kappa shape index (κ3) is 3.90. The number of rotatable bonds is 6. The van der Waals surface area contributed by atoms with Crippen molar-refractivity contribution >= 4 is 17.6 Å². The molecule has 0 bridgehead atoms. The largest absolute Gasteiger partial charge is 0.468 e. The number of ether oxygens (including phenoxy) is 2. The van der Waals surface area contributed by atoms with Crippen LogP contribution in [-0.2, 0) is 19.7 Å². The number of fused-ring (bicyclic) bond motifs is 1. The highest BCUT2D eigenvalue weighted by Crippen LogP contribution is 2.26. The van der Waals surface area contributed by atoms with Gasteiger partial charge in [-0.1, -0.05) is 60.7 Å². The van der Waals surface area contributed by atoms with Crippen LogP contribution in [0.3, 0.4) is 0 Å². The Morgan fingerprint density at radius 2 is 1.69 bits per heavy atom. The summed E-state index contributed by atoms with van der Waals surface area (Å²) in [4.78, 5) is 42.2. The maximum atomic E-state index is 12.7. The summed E-state index contributed by atoms with van der Waals surface area (Å²) in [5.41, 5.74) is 0.708. The van der Waals surface area contributed by atoms with Gasteiger partial charge in [0.1, 0.15) is 17.7 Å². The fraction of sp³-hybridized carbons (Fsp3) is 0.167. The van der Waals surface area contributed by atoms with Gasteiger partial charge in [0.25, 0.3) is 5.56 Å². The average Bonchev–Trinajstić information content (AvgIpc) is 3.28. The zero-order valence-corrected chi connectivity index (χ0v) is 17.6. The molecule has 32 heavy (non-hydrogen) atoms. The van der Waals surface area contributed by atoms with Gasteiger partial charge in [-0.3, -0.25) is 14.7 Å². The summed E-state index contributed by atoms with van der Waals surface area (Å²) in [6.07, 6.45) is 0. The lowest BCUT2D eigenvalue weighted by Gasteiger charge is -2.26. The standard InChI is InChI=1S/C24H21N3O5/c1-24(23(30)31-2,17-11-7-4-8-12-17)15-32-22(29)19-13-20-25-18(14-21(28)27(20)26-19)16-9-5-3-6-10-16/h3-14,26H,15H2,1-2H3. The number of aromatic nitrogens is 3. The van der Waals surface area contributed by atoms with Crippen molar-refractivity contribution in [3.63, 3.8) is 0 Å². The summed E-state index contributed by atoms with van der Waals surface area (Å²) in [6.45, 7) is 1.40. The molecule has 0 radical (unpaired) electrons. The highest BCUT2D eigenvalue weighted by molar-refractivity contribution is 5.89. The van der Waals surface area contributed by atoms with Crippen molar-refractivity contribution in [2.45, 2.75) is 12.3 Å². The zero-order chi connectivity index (χ0) is 22.7. The van der Waals surface area contributed by atoms with Crippen molar-refractivity contribution in [1.29, 1.82) is 0 Å². The molecule has 0 aliphatic heterocycles. The topological polar surface area (TPSA) is 103 Å². The summed E-state index contributed by atoms with van der Waals surface area (Å²) in [5, 5.41) is 2.71. The Bertz CT molecular complexity index is 1330. The number of carbonyl (C=O) groups is 2. The minimum absolute atomic E-state index is 0.0417. The predicted molar refractivity (Wildman–Crippen MR) is 117 cm³/mol. The summed E-state index contributed by atoms with van der Waals surface area (Å²) >= 11 is 0. The number of hydrogen-bond acceptors (Lipinski definition) is 6. The Balaban J connectivity index is 1.60. The van der Waals surface area contributed by atoms with E-state index in [0.29, 0.717) is 11.3 Å². The van der Waals surface area contributed by atoms with Crippen LogP contribution < -0.4 is 5.56 Å². The lowest BCUT2D eigenvalue weighted by molar-refractivity contribution is -0.148. The SMILES string of the molecule is COC(=O)C(C)(COC(=O)c1cc2nc(-c3ccccc3)cc(=O)n2[nH]1)c1ccccc1. The second kappa shape index (κ2) is 8.50. The van der Waals surface area contributed by atoms with Crippen molar-refractivity contribution in [3.05, 3.63) is 94.4 Å². The normalized spacial score (nSPS) is 12.8. The van der Waals surface area contributed by atoms with Crippen LogP contribution in [0.1, 0.15) is 23.0 Å². The fourth-order valence-corrected chi connectivity index (χ4v) is 3.43. The number of methoxy groups -OCH3 is 1. The number of benzene rings is 2. The van der Waals surface area contributed by atoms with Crippen LogP contribution in [0.4, 0.5) is 0 Å². The number of esters is 2. The van der Waals surface area contributed by atoms with Crippen molar-refractivity contribution in [2.75, 3.05) is 13.7 Å². The monoisotopic (exact) mass is 431 g/mol. The third-order valence-electron chi connectivity index (χ3n) is 5.28. The van der Waals surface area contributed by atoms with Gasteiger partial charge < -0.3 is 9.47 Å². The van der Waals surface area contributed by atoms with Crippen LogP contribution in [0, 0.1) is 0 Å². The maximum absolute atomic E-state index is 12.7. The molecule has 0 saturated carbocycles. The van der Waals surface area contributed by atoms with E-state index >= 15 is 0 Å². The number of aromatic amines is 1. The van der Waals surface area contributed by atoms with E-state index in [2.05, 4.69) is 10.1 Å². The number of H-pyrrole nitrogens is 1. The molecule has 162 valence electrons. The van der Waals surface area contributed by atoms with Gasteiger partial charge in [0, 0.05) is 17.7 Å². The van der Waals surface area contributed by atoms with E-state index in [-0.39, 0.29) is 23.5 Å². The predicted octanol–water partition coefficient (Wildman–Crippen LogP) is 2.98. The Labute approximate surface area is 183 Å². The second-order valence-electron chi connectivity index (χ2n) is 7.47. The van der Waals surface area contributed by atoms with Crippen LogP contribution >= 0.6 is 0 Å². The summed E-state index contributed by atoms with van der Waals surface area (Å²) < 4.78 is 11.5. The van der Waals surface area contributed by atoms with Gasteiger partial charge in [-0.25, -0.2) is 14.3 Å². The van der Waals surface area contributed by atoms with Crippen LogP contribution in [0.2, 0.25) is 0 Å². The molecule has 4 aromatic rings. The van der Waals surface area contributed by atoms with Crippen molar-refractivity contribution < 1.29 is 19.1 Å². The Kier molecular flexibility index (Phi) is 5.59. The van der Waals surface area contributed by atoms with E-state index < -0.39 is 17.4 Å². The Morgan fingerprint density at radius 3 is 2.34 bits per heavy atom.